The van der Waals surface area contributed by atoms with Gasteiger partial charge < -0.3 is 20.5 Å². The van der Waals surface area contributed by atoms with E-state index in [1.54, 1.807) is 30.3 Å². The van der Waals surface area contributed by atoms with E-state index in [-0.39, 0.29) is 29.9 Å². The van der Waals surface area contributed by atoms with Crippen molar-refractivity contribution >= 4 is 11.8 Å². The number of primary amides is 1. The van der Waals surface area contributed by atoms with Gasteiger partial charge >= 0.3 is 0 Å². The van der Waals surface area contributed by atoms with Gasteiger partial charge in [-0.15, -0.1) is 0 Å². The van der Waals surface area contributed by atoms with Gasteiger partial charge in [-0.05, 0) is 32.0 Å². The molecule has 1 unspecified atom stereocenters. The number of rotatable bonds is 5. The molecule has 27 heavy (non-hydrogen) atoms. The third-order valence-corrected chi connectivity index (χ3v) is 4.24. The first-order chi connectivity index (χ1) is 12.7. The number of benzene rings is 2. The average Bonchev–Trinajstić information content (AvgIpc) is 2.58. The van der Waals surface area contributed by atoms with Gasteiger partial charge in [0.15, 0.2) is 6.61 Å². The van der Waals surface area contributed by atoms with Crippen LogP contribution in [0.15, 0.2) is 42.5 Å². The smallest absolute Gasteiger partial charge is 0.255 e. The third kappa shape index (κ3) is 4.36. The normalized spacial score (nSPS) is 17.4. The first kappa shape index (κ1) is 18.7. The number of hydrogen-bond donors (Lipinski definition) is 2. The Hall–Kier alpha value is -3.09. The van der Waals surface area contributed by atoms with Crippen LogP contribution < -0.4 is 20.5 Å². The summed E-state index contributed by atoms with van der Waals surface area (Å²) in [6, 6.07) is 10.5. The second-order valence-corrected chi connectivity index (χ2v) is 7.03. The van der Waals surface area contributed by atoms with Crippen molar-refractivity contribution in [3.05, 3.63) is 59.4 Å². The van der Waals surface area contributed by atoms with E-state index in [9.17, 15) is 14.0 Å². The van der Waals surface area contributed by atoms with E-state index in [1.807, 2.05) is 13.8 Å². The molecule has 0 spiro atoms. The molecule has 2 amide bonds. The van der Waals surface area contributed by atoms with Crippen LogP contribution in [-0.4, -0.2) is 24.0 Å². The molecule has 7 heteroatoms. The van der Waals surface area contributed by atoms with Crippen LogP contribution in [0.1, 0.15) is 42.2 Å². The second kappa shape index (κ2) is 7.26. The lowest BCUT2D eigenvalue weighted by molar-refractivity contribution is -0.119. The molecule has 142 valence electrons. The van der Waals surface area contributed by atoms with Gasteiger partial charge in [0.25, 0.3) is 11.8 Å². The minimum Gasteiger partial charge on any atom is -0.487 e. The van der Waals surface area contributed by atoms with Crippen molar-refractivity contribution in [2.45, 2.75) is 31.9 Å². The summed E-state index contributed by atoms with van der Waals surface area (Å²) in [7, 11) is 0. The predicted molar refractivity (Wildman–Crippen MR) is 97.1 cm³/mol. The topological polar surface area (TPSA) is 90.6 Å². The molecule has 0 fully saturated rings. The molecule has 1 aliphatic heterocycles. The van der Waals surface area contributed by atoms with E-state index in [2.05, 4.69) is 5.32 Å². The molecule has 1 atom stereocenters. The lowest BCUT2D eigenvalue weighted by Crippen LogP contribution is -2.41. The quantitative estimate of drug-likeness (QED) is 0.844. The van der Waals surface area contributed by atoms with Crippen molar-refractivity contribution < 1.29 is 23.5 Å². The average molecular weight is 372 g/mol. The van der Waals surface area contributed by atoms with Gasteiger partial charge in [0.1, 0.15) is 22.9 Å². The van der Waals surface area contributed by atoms with Crippen LogP contribution in [0.4, 0.5) is 4.39 Å². The Morgan fingerprint density at radius 1 is 1.30 bits per heavy atom. The van der Waals surface area contributed by atoms with Gasteiger partial charge in [-0.1, -0.05) is 18.2 Å². The zero-order valence-corrected chi connectivity index (χ0v) is 15.1. The van der Waals surface area contributed by atoms with Gasteiger partial charge in [-0.2, -0.15) is 0 Å². The van der Waals surface area contributed by atoms with E-state index in [0.29, 0.717) is 17.7 Å². The number of ether oxygens (including phenoxy) is 2. The maximum Gasteiger partial charge on any atom is 0.255 e. The van der Waals surface area contributed by atoms with Crippen molar-refractivity contribution in [1.29, 1.82) is 0 Å². The summed E-state index contributed by atoms with van der Waals surface area (Å²) in [5.74, 6) is -0.726. The van der Waals surface area contributed by atoms with Gasteiger partial charge in [0, 0.05) is 18.1 Å². The Morgan fingerprint density at radius 2 is 2.04 bits per heavy atom. The molecular weight excluding hydrogens is 351 g/mol. The van der Waals surface area contributed by atoms with Crippen LogP contribution in [-0.2, 0) is 4.79 Å². The van der Waals surface area contributed by atoms with Crippen LogP contribution in [0.2, 0.25) is 0 Å². The Balaban J connectivity index is 1.85. The SMILES string of the molecule is CC1(C)CC(NC(=O)c2ccccc2OCC(N)=O)c2ccc(F)cc2O1. The maximum absolute atomic E-state index is 13.6. The molecule has 3 N–H and O–H groups in total. The highest BCUT2D eigenvalue weighted by Gasteiger charge is 2.35. The third-order valence-electron chi connectivity index (χ3n) is 4.24. The molecule has 1 aliphatic rings. The molecule has 0 saturated carbocycles. The Bertz CT molecular complexity index is 882. The summed E-state index contributed by atoms with van der Waals surface area (Å²) >= 11 is 0. The lowest BCUT2D eigenvalue weighted by atomic mass is 9.89. The van der Waals surface area contributed by atoms with Crippen molar-refractivity contribution in [3.8, 4) is 11.5 Å². The molecule has 0 saturated heterocycles. The van der Waals surface area contributed by atoms with Gasteiger partial charge in [0.05, 0.1) is 11.6 Å². The van der Waals surface area contributed by atoms with Crippen molar-refractivity contribution in [1.82, 2.24) is 5.32 Å². The van der Waals surface area contributed by atoms with Crippen LogP contribution in [0.5, 0.6) is 11.5 Å². The van der Waals surface area contributed by atoms with Crippen LogP contribution in [0.3, 0.4) is 0 Å². The van der Waals surface area contributed by atoms with Crippen LogP contribution in [0, 0.1) is 5.82 Å². The number of hydrogen-bond acceptors (Lipinski definition) is 4. The Kier molecular flexibility index (Phi) is 5.03. The summed E-state index contributed by atoms with van der Waals surface area (Å²) < 4.78 is 24.7. The first-order valence-corrected chi connectivity index (χ1v) is 8.55. The summed E-state index contributed by atoms with van der Waals surface area (Å²) in [6.45, 7) is 3.44. The highest BCUT2D eigenvalue weighted by Crippen LogP contribution is 2.40. The summed E-state index contributed by atoms with van der Waals surface area (Å²) in [5, 5.41) is 2.96. The molecule has 0 aromatic heterocycles. The first-order valence-electron chi connectivity index (χ1n) is 8.55. The zero-order valence-electron chi connectivity index (χ0n) is 15.1. The highest BCUT2D eigenvalue weighted by atomic mass is 19.1. The fourth-order valence-electron chi connectivity index (χ4n) is 3.12. The van der Waals surface area contributed by atoms with E-state index >= 15 is 0 Å². The number of amides is 2. The Morgan fingerprint density at radius 3 is 2.78 bits per heavy atom. The lowest BCUT2D eigenvalue weighted by Gasteiger charge is -2.38. The molecular formula is C20H21FN2O4. The monoisotopic (exact) mass is 372 g/mol. The molecule has 0 radical (unpaired) electrons. The molecule has 0 bridgehead atoms. The Labute approximate surface area is 156 Å². The molecule has 1 heterocycles. The standard InChI is InChI=1S/C20H21FN2O4/c1-20(2)10-15(13-8-7-12(21)9-17(13)27-20)23-19(25)14-5-3-4-6-16(14)26-11-18(22)24/h3-9,15H,10-11H2,1-2H3,(H2,22,24)(H,23,25). The number of fused-ring (bicyclic) bond motifs is 1. The number of para-hydroxylation sites is 1. The summed E-state index contributed by atoms with van der Waals surface area (Å²) in [6.07, 6.45) is 0.516. The molecule has 2 aromatic carbocycles. The molecule has 0 aliphatic carbocycles. The highest BCUT2D eigenvalue weighted by molar-refractivity contribution is 5.97. The minimum absolute atomic E-state index is 0.263. The number of carbonyl (C=O) groups is 2. The number of nitrogens with two attached hydrogens (primary N) is 1. The van der Waals surface area contributed by atoms with E-state index < -0.39 is 17.3 Å². The fourth-order valence-corrected chi connectivity index (χ4v) is 3.12. The predicted octanol–water partition coefficient (Wildman–Crippen LogP) is 2.72. The van der Waals surface area contributed by atoms with Crippen molar-refractivity contribution in [3.63, 3.8) is 0 Å². The number of nitrogens with one attached hydrogen (secondary N) is 1. The largest absolute Gasteiger partial charge is 0.487 e. The van der Waals surface area contributed by atoms with Crippen LogP contribution in [0.25, 0.3) is 0 Å². The number of carbonyl (C=O) groups excluding carboxylic acids is 2. The minimum atomic E-state index is -0.632. The van der Waals surface area contributed by atoms with E-state index in [1.165, 1.54) is 12.1 Å². The van der Waals surface area contributed by atoms with Gasteiger partial charge in [-0.25, -0.2) is 4.39 Å². The van der Waals surface area contributed by atoms with E-state index in [4.69, 9.17) is 15.2 Å². The number of halogens is 1. The molecule has 6 nitrogen and oxygen atoms in total. The molecule has 2 aromatic rings. The van der Waals surface area contributed by atoms with E-state index in [0.717, 1.165) is 0 Å². The van der Waals surface area contributed by atoms with Gasteiger partial charge in [0.2, 0.25) is 0 Å². The zero-order chi connectivity index (χ0) is 19.6. The fraction of sp³-hybridized carbons (Fsp3) is 0.300. The maximum atomic E-state index is 13.6. The van der Waals surface area contributed by atoms with Crippen molar-refractivity contribution in [2.24, 2.45) is 5.73 Å². The second-order valence-electron chi connectivity index (χ2n) is 7.03. The molecule has 3 rings (SSSR count). The van der Waals surface area contributed by atoms with Gasteiger partial charge in [-0.3, -0.25) is 9.59 Å². The van der Waals surface area contributed by atoms with Crippen LogP contribution >= 0.6 is 0 Å². The summed E-state index contributed by atoms with van der Waals surface area (Å²) in [4.78, 5) is 23.8. The summed E-state index contributed by atoms with van der Waals surface area (Å²) in [5.41, 5.74) is 5.53. The van der Waals surface area contributed by atoms with Crippen molar-refractivity contribution in [2.75, 3.05) is 6.61 Å².